The summed E-state index contributed by atoms with van der Waals surface area (Å²) in [6.07, 6.45) is 1.90. The molecule has 18 heavy (non-hydrogen) atoms. The molecule has 1 saturated heterocycles. The monoisotopic (exact) mass is 277 g/mol. The van der Waals surface area contributed by atoms with Gasteiger partial charge in [0.1, 0.15) is 11.7 Å². The minimum absolute atomic E-state index is 0.404. The molecule has 2 aliphatic rings. The lowest BCUT2D eigenvalue weighted by Crippen LogP contribution is -2.45. The highest BCUT2D eigenvalue weighted by Gasteiger charge is 2.51. The number of nitrogens with zero attached hydrogens (tertiary/aromatic N) is 1. The van der Waals surface area contributed by atoms with Crippen LogP contribution in [0.3, 0.4) is 0 Å². The first-order valence-electron chi connectivity index (χ1n) is 6.16. The van der Waals surface area contributed by atoms with Gasteiger partial charge in [-0.2, -0.15) is 12.7 Å². The van der Waals surface area contributed by atoms with E-state index in [2.05, 4.69) is 0 Å². The lowest BCUT2D eigenvalue weighted by atomic mass is 9.93. The lowest BCUT2D eigenvalue weighted by molar-refractivity contribution is 0.0306. The van der Waals surface area contributed by atoms with Crippen LogP contribution in [-0.4, -0.2) is 36.6 Å². The summed E-state index contributed by atoms with van der Waals surface area (Å²) in [6.45, 7) is 5.10. The number of rotatable bonds is 0. The third kappa shape index (κ3) is 2.61. The summed E-state index contributed by atoms with van der Waals surface area (Å²) in [5.41, 5.74) is -0.723. The van der Waals surface area contributed by atoms with Crippen molar-refractivity contribution in [2.24, 2.45) is 0 Å². The Morgan fingerprint density at radius 1 is 1.28 bits per heavy atom. The zero-order valence-corrected chi connectivity index (χ0v) is 11.7. The first-order valence-corrected chi connectivity index (χ1v) is 7.53. The van der Waals surface area contributed by atoms with E-state index in [1.165, 1.54) is 0 Å². The van der Waals surface area contributed by atoms with Crippen LogP contribution in [0.4, 0.5) is 4.79 Å². The molecule has 1 aliphatic heterocycles. The van der Waals surface area contributed by atoms with E-state index in [9.17, 15) is 13.2 Å². The van der Waals surface area contributed by atoms with Gasteiger partial charge in [-0.05, 0) is 33.6 Å². The third-order valence-corrected chi connectivity index (χ3v) is 4.42. The molecule has 0 unspecified atom stereocenters. The molecular weight excluding hydrogens is 258 g/mol. The van der Waals surface area contributed by atoms with Crippen molar-refractivity contribution in [2.45, 2.75) is 64.2 Å². The highest BCUT2D eigenvalue weighted by molar-refractivity contribution is 7.85. The first-order chi connectivity index (χ1) is 8.21. The molecular formula is C11H19NO5S. The summed E-state index contributed by atoms with van der Waals surface area (Å²) < 4.78 is 34.6. The minimum Gasteiger partial charge on any atom is -0.443 e. The van der Waals surface area contributed by atoms with E-state index in [0.29, 0.717) is 12.8 Å². The van der Waals surface area contributed by atoms with Gasteiger partial charge < -0.3 is 4.74 Å². The fourth-order valence-corrected chi connectivity index (χ4v) is 3.78. The van der Waals surface area contributed by atoms with E-state index in [-0.39, 0.29) is 0 Å². The van der Waals surface area contributed by atoms with Crippen LogP contribution >= 0.6 is 0 Å². The molecule has 2 atom stereocenters. The number of carbonyl (C=O) groups is 1. The van der Waals surface area contributed by atoms with Crippen molar-refractivity contribution in [1.82, 2.24) is 4.31 Å². The SMILES string of the molecule is CC(C)(C)OC(=O)N1[C@@H]2CCCC[C@@H]2OS1(=O)=O. The zero-order valence-electron chi connectivity index (χ0n) is 10.9. The van der Waals surface area contributed by atoms with Crippen LogP contribution in [0, 0.1) is 0 Å². The van der Waals surface area contributed by atoms with Crippen molar-refractivity contribution in [3.05, 3.63) is 0 Å². The van der Waals surface area contributed by atoms with Gasteiger partial charge in [0.15, 0.2) is 0 Å². The summed E-state index contributed by atoms with van der Waals surface area (Å²) in [5.74, 6) is 0. The Morgan fingerprint density at radius 3 is 2.50 bits per heavy atom. The fraction of sp³-hybridized carbons (Fsp3) is 0.909. The second-order valence-corrected chi connectivity index (χ2v) is 7.16. The smallest absolute Gasteiger partial charge is 0.426 e. The Balaban J connectivity index is 2.21. The molecule has 1 heterocycles. The Kier molecular flexibility index (Phi) is 3.31. The van der Waals surface area contributed by atoms with Crippen molar-refractivity contribution < 1.29 is 22.1 Å². The predicted molar refractivity (Wildman–Crippen MR) is 64.1 cm³/mol. The van der Waals surface area contributed by atoms with Gasteiger partial charge in [0.25, 0.3) is 0 Å². The lowest BCUT2D eigenvalue weighted by Gasteiger charge is -2.28. The van der Waals surface area contributed by atoms with E-state index in [1.54, 1.807) is 20.8 Å². The van der Waals surface area contributed by atoms with Gasteiger partial charge in [-0.25, -0.2) is 8.98 Å². The summed E-state index contributed by atoms with van der Waals surface area (Å²) in [6, 6.07) is -0.404. The quantitative estimate of drug-likeness (QED) is 0.675. The number of hydrogen-bond acceptors (Lipinski definition) is 5. The van der Waals surface area contributed by atoms with Crippen LogP contribution in [0.5, 0.6) is 0 Å². The zero-order chi connectivity index (χ0) is 13.6. The fourth-order valence-electron chi connectivity index (χ4n) is 2.36. The Bertz CT molecular complexity index is 439. The second kappa shape index (κ2) is 4.38. The number of carbonyl (C=O) groups excluding carboxylic acids is 1. The summed E-state index contributed by atoms with van der Waals surface area (Å²) in [5, 5.41) is 0. The number of ether oxygens (including phenoxy) is 1. The average Bonchev–Trinajstić information content (AvgIpc) is 2.44. The molecule has 0 aromatic rings. The molecule has 0 radical (unpaired) electrons. The van der Waals surface area contributed by atoms with Gasteiger partial charge in [0.05, 0.1) is 6.04 Å². The van der Waals surface area contributed by atoms with Crippen LogP contribution in [0.1, 0.15) is 46.5 Å². The van der Waals surface area contributed by atoms with E-state index in [1.807, 2.05) is 0 Å². The van der Waals surface area contributed by atoms with Gasteiger partial charge in [-0.3, -0.25) is 0 Å². The maximum atomic E-state index is 12.0. The highest BCUT2D eigenvalue weighted by atomic mass is 32.2. The van der Waals surface area contributed by atoms with Crippen molar-refractivity contribution in [1.29, 1.82) is 0 Å². The largest absolute Gasteiger partial charge is 0.443 e. The van der Waals surface area contributed by atoms with Crippen LogP contribution < -0.4 is 0 Å². The normalized spacial score (nSPS) is 30.9. The Morgan fingerprint density at radius 2 is 1.89 bits per heavy atom. The number of hydrogen-bond donors (Lipinski definition) is 0. The average molecular weight is 277 g/mol. The van der Waals surface area contributed by atoms with Gasteiger partial charge in [0.2, 0.25) is 0 Å². The molecule has 104 valence electrons. The molecule has 0 aromatic carbocycles. The van der Waals surface area contributed by atoms with Gasteiger partial charge in [0, 0.05) is 0 Å². The topological polar surface area (TPSA) is 72.9 Å². The summed E-state index contributed by atoms with van der Waals surface area (Å²) >= 11 is 0. The molecule has 2 fully saturated rings. The van der Waals surface area contributed by atoms with Gasteiger partial charge in [-0.1, -0.05) is 12.8 Å². The van der Waals surface area contributed by atoms with E-state index in [4.69, 9.17) is 8.92 Å². The molecule has 0 N–H and O–H groups in total. The van der Waals surface area contributed by atoms with Crippen LogP contribution in [0.15, 0.2) is 0 Å². The Labute approximate surface area is 107 Å². The standard InChI is InChI=1S/C11H19NO5S/c1-11(2,3)16-10(13)12-8-6-4-5-7-9(8)17-18(12,14)15/h8-9H,4-7H2,1-3H3/t8-,9+/m1/s1. The van der Waals surface area contributed by atoms with Crippen molar-refractivity contribution >= 4 is 16.4 Å². The second-order valence-electron chi connectivity index (χ2n) is 5.72. The van der Waals surface area contributed by atoms with Crippen molar-refractivity contribution in [2.75, 3.05) is 0 Å². The molecule has 0 bridgehead atoms. The molecule has 6 nitrogen and oxygen atoms in total. The van der Waals surface area contributed by atoms with Gasteiger partial charge in [-0.15, -0.1) is 0 Å². The highest BCUT2D eigenvalue weighted by Crippen LogP contribution is 2.36. The van der Waals surface area contributed by atoms with Crippen molar-refractivity contribution in [3.63, 3.8) is 0 Å². The molecule has 7 heteroatoms. The number of amides is 1. The maximum absolute atomic E-state index is 12.0. The molecule has 1 aliphatic carbocycles. The summed E-state index contributed by atoms with van der Waals surface area (Å²) in [4.78, 5) is 12.0. The molecule has 2 rings (SSSR count). The van der Waals surface area contributed by atoms with Crippen LogP contribution in [0.25, 0.3) is 0 Å². The van der Waals surface area contributed by atoms with E-state index >= 15 is 0 Å². The molecule has 1 saturated carbocycles. The van der Waals surface area contributed by atoms with E-state index < -0.39 is 34.1 Å². The van der Waals surface area contributed by atoms with Crippen molar-refractivity contribution in [3.8, 4) is 0 Å². The Hall–Kier alpha value is -0.820. The van der Waals surface area contributed by atoms with Crippen LogP contribution in [-0.2, 0) is 19.2 Å². The molecule has 0 aromatic heterocycles. The molecule has 0 spiro atoms. The maximum Gasteiger partial charge on any atom is 0.426 e. The third-order valence-electron chi connectivity index (χ3n) is 3.03. The van der Waals surface area contributed by atoms with Gasteiger partial charge >= 0.3 is 16.4 Å². The first kappa shape index (κ1) is 13.6. The van der Waals surface area contributed by atoms with E-state index in [0.717, 1.165) is 17.1 Å². The summed E-state index contributed by atoms with van der Waals surface area (Å²) in [7, 11) is -3.98. The predicted octanol–water partition coefficient (Wildman–Crippen LogP) is 1.81. The van der Waals surface area contributed by atoms with Crippen LogP contribution in [0.2, 0.25) is 0 Å². The number of fused-ring (bicyclic) bond motifs is 1. The molecule has 1 amide bonds. The minimum atomic E-state index is -3.98.